The maximum atomic E-state index is 13.4. The van der Waals surface area contributed by atoms with Crippen LogP contribution in [-0.4, -0.2) is 47.5 Å². The lowest BCUT2D eigenvalue weighted by Crippen LogP contribution is -2.76. The van der Waals surface area contributed by atoms with Crippen LogP contribution in [0.5, 0.6) is 5.75 Å². The number of nitrogens with zero attached hydrogens (tertiary/aromatic N) is 1. The van der Waals surface area contributed by atoms with Crippen LogP contribution >= 0.6 is 11.6 Å². The number of alkyl halides is 1. The Bertz CT molecular complexity index is 950. The number of fused-ring (bicyclic) bond motifs is 1. The molecular weight excluding hydrogens is 418 g/mol. The van der Waals surface area contributed by atoms with E-state index in [9.17, 15) is 9.59 Å². The Morgan fingerprint density at radius 1 is 1.06 bits per heavy atom. The van der Waals surface area contributed by atoms with E-state index in [0.29, 0.717) is 18.9 Å². The highest BCUT2D eigenvalue weighted by Crippen LogP contribution is 2.55. The summed E-state index contributed by atoms with van der Waals surface area (Å²) in [5.41, 5.74) is -0.254. The van der Waals surface area contributed by atoms with Crippen LogP contribution in [0.4, 0.5) is 0 Å². The van der Waals surface area contributed by atoms with Crippen LogP contribution in [0.25, 0.3) is 0 Å². The van der Waals surface area contributed by atoms with Crippen LogP contribution < -0.4 is 4.74 Å². The summed E-state index contributed by atoms with van der Waals surface area (Å²) in [6.07, 6.45) is 0.434. The monoisotopic (exact) mass is 443 g/mol. The molecule has 4 rings (SSSR count). The minimum atomic E-state index is -1.17. The molecular formula is C24H26ClNO5. The van der Waals surface area contributed by atoms with Crippen molar-refractivity contribution in [1.82, 2.24) is 4.90 Å². The average Bonchev–Trinajstić information content (AvgIpc) is 2.91. The first-order chi connectivity index (χ1) is 15.0. The molecule has 7 heteroatoms. The van der Waals surface area contributed by atoms with Crippen molar-refractivity contribution < 1.29 is 23.8 Å². The highest BCUT2D eigenvalue weighted by Gasteiger charge is 2.79. The molecule has 164 valence electrons. The third kappa shape index (κ3) is 3.48. The van der Waals surface area contributed by atoms with Crippen LogP contribution in [0.1, 0.15) is 24.5 Å². The van der Waals surface area contributed by atoms with E-state index in [1.165, 1.54) is 0 Å². The number of esters is 1. The molecule has 2 saturated heterocycles. The lowest BCUT2D eigenvalue weighted by Gasteiger charge is -2.53. The Kier molecular flexibility index (Phi) is 5.95. The summed E-state index contributed by atoms with van der Waals surface area (Å²) in [4.78, 5) is 28.0. The lowest BCUT2D eigenvalue weighted by molar-refractivity contribution is -0.243. The van der Waals surface area contributed by atoms with Crippen molar-refractivity contribution in [3.8, 4) is 5.75 Å². The molecule has 2 aliphatic rings. The van der Waals surface area contributed by atoms with Crippen molar-refractivity contribution in [2.75, 3.05) is 19.6 Å². The number of hydrogen-bond donors (Lipinski definition) is 0. The summed E-state index contributed by atoms with van der Waals surface area (Å²) in [5.74, 6) is -0.0253. The van der Waals surface area contributed by atoms with E-state index in [2.05, 4.69) is 0 Å². The summed E-state index contributed by atoms with van der Waals surface area (Å²) < 4.78 is 16.8. The van der Waals surface area contributed by atoms with Crippen LogP contribution in [-0.2, 0) is 32.2 Å². The summed E-state index contributed by atoms with van der Waals surface area (Å²) in [7, 11) is 1.60. The number of carbonyl (C=O) groups excluding carboxylic acids is 2. The fourth-order valence-corrected chi connectivity index (χ4v) is 4.89. The second kappa shape index (κ2) is 8.52. The fraction of sp³-hybridized carbons (Fsp3) is 0.417. The number of amides is 1. The quantitative estimate of drug-likeness (QED) is 0.438. The number of rotatable bonds is 9. The molecule has 31 heavy (non-hydrogen) atoms. The van der Waals surface area contributed by atoms with Gasteiger partial charge in [-0.1, -0.05) is 42.5 Å². The number of halogens is 1. The summed E-state index contributed by atoms with van der Waals surface area (Å²) in [5, 5.41) is 0. The zero-order chi connectivity index (χ0) is 22.1. The van der Waals surface area contributed by atoms with Gasteiger partial charge in [0.15, 0.2) is 5.60 Å². The van der Waals surface area contributed by atoms with Gasteiger partial charge >= 0.3 is 5.97 Å². The second-order valence-electron chi connectivity index (χ2n) is 8.14. The molecule has 3 atom stereocenters. The number of methoxy groups -OCH3 is 1. The minimum Gasteiger partial charge on any atom is -0.497 e. The van der Waals surface area contributed by atoms with Crippen molar-refractivity contribution in [3.63, 3.8) is 0 Å². The molecule has 1 amide bonds. The Hall–Kier alpha value is -2.57. The number of likely N-dealkylation sites (tertiary alicyclic amines) is 1. The topological polar surface area (TPSA) is 65.1 Å². The van der Waals surface area contributed by atoms with E-state index >= 15 is 0 Å². The number of benzene rings is 2. The third-order valence-corrected chi connectivity index (χ3v) is 6.69. The molecule has 2 heterocycles. The molecule has 0 spiro atoms. The van der Waals surface area contributed by atoms with Crippen LogP contribution in [0.15, 0.2) is 54.6 Å². The maximum absolute atomic E-state index is 13.4. The zero-order valence-electron chi connectivity index (χ0n) is 17.7. The first kappa shape index (κ1) is 21.7. The second-order valence-corrected chi connectivity index (χ2v) is 8.52. The van der Waals surface area contributed by atoms with Crippen LogP contribution in [0, 0.1) is 5.92 Å². The summed E-state index contributed by atoms with van der Waals surface area (Å²) in [6.45, 7) is 2.51. The normalized spacial score (nSPS) is 26.9. The van der Waals surface area contributed by atoms with Gasteiger partial charge in [0.25, 0.3) is 0 Å². The lowest BCUT2D eigenvalue weighted by atomic mass is 9.71. The molecule has 0 bridgehead atoms. The van der Waals surface area contributed by atoms with Crippen LogP contribution in [0.3, 0.4) is 0 Å². The van der Waals surface area contributed by atoms with Gasteiger partial charge in [0.05, 0.1) is 26.2 Å². The molecule has 0 radical (unpaired) electrons. The van der Waals surface area contributed by atoms with Crippen molar-refractivity contribution >= 4 is 23.5 Å². The number of carbonyl (C=O) groups is 2. The van der Waals surface area contributed by atoms with Gasteiger partial charge in [-0.15, -0.1) is 11.6 Å². The molecule has 2 aliphatic heterocycles. The highest BCUT2D eigenvalue weighted by molar-refractivity contribution is 6.18. The van der Waals surface area contributed by atoms with Gasteiger partial charge in [0, 0.05) is 12.4 Å². The number of ether oxygens (including phenoxy) is 3. The van der Waals surface area contributed by atoms with Gasteiger partial charge in [0.1, 0.15) is 5.75 Å². The Balaban J connectivity index is 1.62. The molecule has 2 aromatic rings. The smallest absolute Gasteiger partial charge is 0.339 e. The first-order valence-electron chi connectivity index (χ1n) is 10.3. The largest absolute Gasteiger partial charge is 0.497 e. The molecule has 2 unspecified atom stereocenters. The molecule has 2 fully saturated rings. The number of hydrogen-bond acceptors (Lipinski definition) is 5. The third-order valence-electron chi connectivity index (χ3n) is 6.47. The molecule has 0 aromatic heterocycles. The Morgan fingerprint density at radius 2 is 1.77 bits per heavy atom. The van der Waals surface area contributed by atoms with Crippen molar-refractivity contribution in [3.05, 3.63) is 65.7 Å². The van der Waals surface area contributed by atoms with Crippen molar-refractivity contribution in [2.24, 2.45) is 5.92 Å². The predicted octanol–water partition coefficient (Wildman–Crippen LogP) is 3.55. The minimum absolute atomic E-state index is 0.0674. The maximum Gasteiger partial charge on any atom is 0.339 e. The van der Waals surface area contributed by atoms with Gasteiger partial charge in [-0.25, -0.2) is 4.79 Å². The fourth-order valence-electron chi connectivity index (χ4n) is 4.67. The molecule has 0 saturated carbocycles. The Labute approximate surface area is 187 Å². The standard InChI is InChI=1S/C24H26ClNO5/c1-23-20(12-13-25)21(27)26(14-17-8-10-19(29-2)11-9-17)24(23,22(28)31-23)16-30-15-18-6-4-3-5-7-18/h3-11,20H,12-16H2,1-2H3/t20?,23-,24?/m0/s1. The van der Waals surface area contributed by atoms with Crippen molar-refractivity contribution in [1.29, 1.82) is 0 Å². The molecule has 0 aliphatic carbocycles. The highest BCUT2D eigenvalue weighted by atomic mass is 35.5. The molecule has 6 nitrogen and oxygen atoms in total. The van der Waals surface area contributed by atoms with E-state index in [1.54, 1.807) is 12.0 Å². The summed E-state index contributed by atoms with van der Waals surface area (Å²) >= 11 is 6.00. The van der Waals surface area contributed by atoms with E-state index in [-0.39, 0.29) is 19.1 Å². The van der Waals surface area contributed by atoms with Gasteiger partial charge < -0.3 is 19.1 Å². The Morgan fingerprint density at radius 3 is 2.39 bits per heavy atom. The van der Waals surface area contributed by atoms with Crippen molar-refractivity contribution in [2.45, 2.75) is 37.6 Å². The molecule has 0 N–H and O–H groups in total. The predicted molar refractivity (Wildman–Crippen MR) is 116 cm³/mol. The summed E-state index contributed by atoms with van der Waals surface area (Å²) in [6, 6.07) is 17.2. The van der Waals surface area contributed by atoms with Gasteiger partial charge in [-0.3, -0.25) is 4.79 Å². The van der Waals surface area contributed by atoms with Crippen LogP contribution in [0.2, 0.25) is 0 Å². The van der Waals surface area contributed by atoms with Gasteiger partial charge in [-0.2, -0.15) is 0 Å². The van der Waals surface area contributed by atoms with Gasteiger partial charge in [0.2, 0.25) is 11.4 Å². The SMILES string of the molecule is COc1ccc(CN2C(=O)C(CCCl)[C@]3(C)OC(=O)C23COCc2ccccc2)cc1. The van der Waals surface area contributed by atoms with E-state index in [1.807, 2.05) is 61.5 Å². The average molecular weight is 444 g/mol. The van der Waals surface area contributed by atoms with E-state index in [0.717, 1.165) is 16.9 Å². The zero-order valence-corrected chi connectivity index (χ0v) is 18.4. The van der Waals surface area contributed by atoms with E-state index in [4.69, 9.17) is 25.8 Å². The van der Waals surface area contributed by atoms with E-state index < -0.39 is 23.0 Å². The molecule has 2 aromatic carbocycles. The first-order valence-corrected chi connectivity index (χ1v) is 10.8. The van der Waals surface area contributed by atoms with Gasteiger partial charge in [-0.05, 0) is 36.6 Å².